The molecule has 2 unspecified atom stereocenters. The zero-order valence-electron chi connectivity index (χ0n) is 20.3. The maximum atomic E-state index is 13.6. The molecule has 2 atom stereocenters. The highest BCUT2D eigenvalue weighted by atomic mass is 19.4. The van der Waals surface area contributed by atoms with Gasteiger partial charge in [0.15, 0.2) is 11.6 Å². The van der Waals surface area contributed by atoms with Crippen molar-refractivity contribution >= 4 is 23.3 Å². The van der Waals surface area contributed by atoms with Gasteiger partial charge in [0.2, 0.25) is 5.78 Å². The van der Waals surface area contributed by atoms with Crippen LogP contribution in [0.3, 0.4) is 0 Å². The zero-order chi connectivity index (χ0) is 26.9. The Bertz CT molecular complexity index is 1300. The maximum Gasteiger partial charge on any atom is 0.573 e. The molecule has 0 aliphatic carbocycles. The lowest BCUT2D eigenvalue weighted by Crippen LogP contribution is -2.31. The summed E-state index contributed by atoms with van der Waals surface area (Å²) in [5.74, 6) is -4.07. The molecule has 0 N–H and O–H groups in total. The van der Waals surface area contributed by atoms with Gasteiger partial charge in [-0.1, -0.05) is 57.2 Å². The fourth-order valence-corrected chi connectivity index (χ4v) is 4.27. The number of benzene rings is 2. The summed E-state index contributed by atoms with van der Waals surface area (Å²) in [5.41, 5.74) is 2.17. The van der Waals surface area contributed by atoms with E-state index in [2.05, 4.69) is 14.9 Å². The molecular formula is C27H24F3N3O4. The highest BCUT2D eigenvalue weighted by Crippen LogP contribution is 2.41. The van der Waals surface area contributed by atoms with E-state index in [0.717, 1.165) is 22.6 Å². The van der Waals surface area contributed by atoms with Crippen molar-refractivity contribution in [3.8, 4) is 5.75 Å². The Morgan fingerprint density at radius 1 is 0.973 bits per heavy atom. The van der Waals surface area contributed by atoms with Crippen LogP contribution in [0.5, 0.6) is 5.75 Å². The number of hydrogen-bond acceptors (Lipinski definition) is 6. The Hall–Kier alpha value is -4.08. The molecule has 2 heterocycles. The van der Waals surface area contributed by atoms with Crippen LogP contribution in [0.1, 0.15) is 59.9 Å². The number of anilines is 1. The number of nitrogens with zero attached hydrogens (tertiary/aromatic N) is 3. The van der Waals surface area contributed by atoms with Crippen molar-refractivity contribution in [1.29, 1.82) is 0 Å². The van der Waals surface area contributed by atoms with Crippen LogP contribution < -0.4 is 9.64 Å². The maximum absolute atomic E-state index is 13.6. The van der Waals surface area contributed by atoms with Gasteiger partial charge < -0.3 is 4.74 Å². The molecule has 1 saturated heterocycles. The van der Waals surface area contributed by atoms with Crippen molar-refractivity contribution < 1.29 is 32.3 Å². The SMILES string of the molecule is CCc1ccc(N2C(=O)C(=O)C(C(=O)c3ccc(C(C)C)cc3)C2c2ccc(OC(F)(F)F)cc2)nn1. The summed E-state index contributed by atoms with van der Waals surface area (Å²) in [6.45, 7) is 5.88. The predicted molar refractivity (Wildman–Crippen MR) is 128 cm³/mol. The molecule has 1 fully saturated rings. The van der Waals surface area contributed by atoms with E-state index in [4.69, 9.17) is 0 Å². The second kappa shape index (κ2) is 10.1. The van der Waals surface area contributed by atoms with E-state index >= 15 is 0 Å². The first kappa shape index (κ1) is 26.0. The number of carbonyl (C=O) groups is 3. The number of carbonyl (C=O) groups excluding carboxylic acids is 3. The van der Waals surface area contributed by atoms with Crippen LogP contribution in [0.2, 0.25) is 0 Å². The van der Waals surface area contributed by atoms with Crippen molar-refractivity contribution in [1.82, 2.24) is 10.2 Å². The molecule has 37 heavy (non-hydrogen) atoms. The number of Topliss-reactive ketones (excluding diaryl/α,β-unsaturated/α-hetero) is 2. The van der Waals surface area contributed by atoms with Crippen LogP contribution in [0.15, 0.2) is 60.7 Å². The van der Waals surface area contributed by atoms with Crippen molar-refractivity contribution in [2.75, 3.05) is 4.90 Å². The van der Waals surface area contributed by atoms with Crippen LogP contribution in [0.25, 0.3) is 0 Å². The number of aryl methyl sites for hydroxylation is 1. The number of ether oxygens (including phenoxy) is 1. The van der Waals surface area contributed by atoms with Gasteiger partial charge in [-0.05, 0) is 47.7 Å². The molecule has 10 heteroatoms. The number of hydrogen-bond donors (Lipinski definition) is 0. The summed E-state index contributed by atoms with van der Waals surface area (Å²) in [6.07, 6.45) is -4.29. The molecule has 1 aromatic heterocycles. The van der Waals surface area contributed by atoms with E-state index in [0.29, 0.717) is 12.1 Å². The van der Waals surface area contributed by atoms with Crippen LogP contribution >= 0.6 is 0 Å². The number of ketones is 2. The average Bonchev–Trinajstić information content (AvgIpc) is 3.13. The molecule has 192 valence electrons. The molecule has 4 rings (SSSR count). The van der Waals surface area contributed by atoms with E-state index in [1.54, 1.807) is 30.3 Å². The van der Waals surface area contributed by atoms with Crippen LogP contribution in [0, 0.1) is 5.92 Å². The molecule has 0 bridgehead atoms. The normalized spacial score (nSPS) is 18.0. The fourth-order valence-electron chi connectivity index (χ4n) is 4.27. The van der Waals surface area contributed by atoms with Gasteiger partial charge >= 0.3 is 6.36 Å². The van der Waals surface area contributed by atoms with Gasteiger partial charge in [0.1, 0.15) is 11.7 Å². The Kier molecular flexibility index (Phi) is 7.11. The zero-order valence-corrected chi connectivity index (χ0v) is 20.3. The summed E-state index contributed by atoms with van der Waals surface area (Å²) in [4.78, 5) is 41.1. The Morgan fingerprint density at radius 3 is 2.14 bits per heavy atom. The highest BCUT2D eigenvalue weighted by molar-refractivity contribution is 6.48. The van der Waals surface area contributed by atoms with Crippen LogP contribution in [-0.2, 0) is 16.0 Å². The predicted octanol–water partition coefficient (Wildman–Crippen LogP) is 5.22. The van der Waals surface area contributed by atoms with E-state index in [-0.39, 0.29) is 22.9 Å². The van der Waals surface area contributed by atoms with E-state index in [1.807, 2.05) is 20.8 Å². The third-order valence-corrected chi connectivity index (χ3v) is 6.22. The molecule has 3 aromatic rings. The molecule has 0 radical (unpaired) electrons. The monoisotopic (exact) mass is 511 g/mol. The summed E-state index contributed by atoms with van der Waals surface area (Å²) < 4.78 is 41.9. The average molecular weight is 512 g/mol. The van der Waals surface area contributed by atoms with Crippen molar-refractivity contribution in [3.05, 3.63) is 83.0 Å². The highest BCUT2D eigenvalue weighted by Gasteiger charge is 2.53. The van der Waals surface area contributed by atoms with Gasteiger partial charge in [-0.2, -0.15) is 5.10 Å². The standard InChI is InChI=1S/C27H24F3N3O4/c1-4-19-11-14-21(32-31-19)33-23(17-9-12-20(13-10-17)37-27(28,29)30)22(25(35)26(33)36)24(34)18-7-5-16(6-8-18)15(2)3/h5-15,22-23H,4H2,1-3H3. The first-order chi connectivity index (χ1) is 17.5. The van der Waals surface area contributed by atoms with Crippen LogP contribution in [0.4, 0.5) is 19.0 Å². The molecule has 1 amide bonds. The van der Waals surface area contributed by atoms with Gasteiger partial charge in [-0.25, -0.2) is 0 Å². The number of amides is 1. The second-order valence-corrected chi connectivity index (χ2v) is 8.96. The van der Waals surface area contributed by atoms with Crippen molar-refractivity contribution in [2.24, 2.45) is 5.92 Å². The molecular weight excluding hydrogens is 487 g/mol. The largest absolute Gasteiger partial charge is 0.573 e. The third kappa shape index (κ3) is 5.37. The quantitative estimate of drug-likeness (QED) is 0.246. The molecule has 0 spiro atoms. The molecule has 1 aliphatic heterocycles. The first-order valence-corrected chi connectivity index (χ1v) is 11.7. The van der Waals surface area contributed by atoms with Crippen molar-refractivity contribution in [3.63, 3.8) is 0 Å². The number of alkyl halides is 3. The Balaban J connectivity index is 1.78. The Morgan fingerprint density at radius 2 is 1.62 bits per heavy atom. The van der Waals surface area contributed by atoms with Crippen molar-refractivity contribution in [2.45, 2.75) is 45.5 Å². The lowest BCUT2D eigenvalue weighted by atomic mass is 9.86. The van der Waals surface area contributed by atoms with E-state index < -0.39 is 41.5 Å². The Labute approximate surface area is 211 Å². The second-order valence-electron chi connectivity index (χ2n) is 8.96. The molecule has 7 nitrogen and oxygen atoms in total. The topological polar surface area (TPSA) is 89.5 Å². The first-order valence-electron chi connectivity index (χ1n) is 11.7. The van der Waals surface area contributed by atoms with E-state index in [1.165, 1.54) is 18.2 Å². The number of rotatable bonds is 7. The number of aromatic nitrogens is 2. The minimum absolute atomic E-state index is 0.0571. The third-order valence-electron chi connectivity index (χ3n) is 6.22. The minimum atomic E-state index is -4.88. The van der Waals surface area contributed by atoms with Gasteiger partial charge in [-0.3, -0.25) is 19.3 Å². The molecule has 1 aliphatic rings. The van der Waals surface area contributed by atoms with Gasteiger partial charge in [-0.15, -0.1) is 18.3 Å². The molecule has 2 aromatic carbocycles. The van der Waals surface area contributed by atoms with Gasteiger partial charge in [0.05, 0.1) is 11.7 Å². The van der Waals surface area contributed by atoms with E-state index in [9.17, 15) is 27.6 Å². The number of halogens is 3. The minimum Gasteiger partial charge on any atom is -0.406 e. The van der Waals surface area contributed by atoms with Crippen LogP contribution in [-0.4, -0.2) is 34.0 Å². The fraction of sp³-hybridized carbons (Fsp3) is 0.296. The van der Waals surface area contributed by atoms with Gasteiger partial charge in [0, 0.05) is 5.56 Å². The summed E-state index contributed by atoms with van der Waals surface area (Å²) in [5, 5.41) is 8.13. The summed E-state index contributed by atoms with van der Waals surface area (Å²) in [6, 6.07) is 13.5. The smallest absolute Gasteiger partial charge is 0.406 e. The summed E-state index contributed by atoms with van der Waals surface area (Å²) in [7, 11) is 0. The summed E-state index contributed by atoms with van der Waals surface area (Å²) >= 11 is 0. The lowest BCUT2D eigenvalue weighted by molar-refractivity contribution is -0.274. The van der Waals surface area contributed by atoms with Gasteiger partial charge in [0.25, 0.3) is 5.91 Å². The lowest BCUT2D eigenvalue weighted by Gasteiger charge is -2.26. The molecule has 0 saturated carbocycles.